The average molecular weight is 488 g/mol. The first kappa shape index (κ1) is 22.4. The molecule has 3 aliphatic rings. The summed E-state index contributed by atoms with van der Waals surface area (Å²) in [7, 11) is 0. The molecule has 2 saturated carbocycles. The molecular weight excluding hydrogens is 439 g/mol. The van der Waals surface area contributed by atoms with E-state index in [1.807, 2.05) is 0 Å². The Bertz CT molecular complexity index is 428. The van der Waals surface area contributed by atoms with Gasteiger partial charge in [0.1, 0.15) is 0 Å². The normalized spacial score (nSPS) is 38.3. The van der Waals surface area contributed by atoms with Crippen LogP contribution in [0.1, 0.15) is 118 Å². The zero-order valence-electron chi connectivity index (χ0n) is 18.9. The minimum absolute atomic E-state index is 0.425. The summed E-state index contributed by atoms with van der Waals surface area (Å²) in [6.45, 7) is 10.1. The molecule has 1 aliphatic heterocycles. The average Bonchev–Trinajstić information content (AvgIpc) is 3.27. The summed E-state index contributed by atoms with van der Waals surface area (Å²) in [5, 5.41) is 0. The Morgan fingerprint density at radius 1 is 0.889 bits per heavy atom. The van der Waals surface area contributed by atoms with E-state index in [0.717, 1.165) is 33.5 Å². The van der Waals surface area contributed by atoms with Crippen molar-refractivity contribution in [3.63, 3.8) is 0 Å². The molecule has 0 nitrogen and oxygen atoms in total. The predicted molar refractivity (Wildman–Crippen MR) is 116 cm³/mol. The number of hydrogen-bond donors (Lipinski definition) is 0. The van der Waals surface area contributed by atoms with Gasteiger partial charge in [0.25, 0.3) is 0 Å². The Morgan fingerprint density at radius 2 is 1.59 bits per heavy atom. The summed E-state index contributed by atoms with van der Waals surface area (Å²) >= 11 is 0.425. The van der Waals surface area contributed by atoms with Crippen LogP contribution in [0.3, 0.4) is 0 Å². The number of fused-ring (bicyclic) bond motifs is 1. The fourth-order valence-electron chi connectivity index (χ4n) is 6.60. The molecule has 0 aromatic carbocycles. The summed E-state index contributed by atoms with van der Waals surface area (Å²) in [5.74, 6) is 5.30. The second-order valence-electron chi connectivity index (χ2n) is 11.3. The maximum absolute atomic E-state index is 2.67. The standard InChI is InChI=1S/C26H48I/c1-5-20(2)11-12-21-13-14-22(18-21)15-16-25-26(3,4)19-24-9-6-8-23(24)10-7-17-27-25/h20-25H,5-19H2,1-4H3/q-1. The van der Waals surface area contributed by atoms with Gasteiger partial charge in [-0.3, -0.25) is 0 Å². The van der Waals surface area contributed by atoms with Gasteiger partial charge in [-0.05, 0) is 0 Å². The van der Waals surface area contributed by atoms with Gasteiger partial charge in [0.2, 0.25) is 0 Å². The van der Waals surface area contributed by atoms with Crippen LogP contribution in [-0.2, 0) is 0 Å². The molecule has 0 radical (unpaired) electrons. The number of alkyl halides is 2. The van der Waals surface area contributed by atoms with E-state index in [-0.39, 0.29) is 0 Å². The Hall–Kier alpha value is 0.730. The van der Waals surface area contributed by atoms with E-state index in [0.29, 0.717) is 26.6 Å². The van der Waals surface area contributed by atoms with Crippen molar-refractivity contribution < 1.29 is 21.2 Å². The molecular formula is C26H48I-. The van der Waals surface area contributed by atoms with Crippen LogP contribution in [0.5, 0.6) is 0 Å². The molecule has 0 spiro atoms. The molecule has 2 aliphatic carbocycles. The molecule has 6 atom stereocenters. The van der Waals surface area contributed by atoms with Gasteiger partial charge in [-0.2, -0.15) is 0 Å². The molecule has 3 fully saturated rings. The molecule has 0 aromatic heterocycles. The molecule has 0 N–H and O–H groups in total. The molecule has 3 rings (SSSR count). The second-order valence-corrected chi connectivity index (χ2v) is 14.8. The van der Waals surface area contributed by atoms with Gasteiger partial charge in [-0.1, -0.05) is 0 Å². The van der Waals surface area contributed by atoms with Crippen LogP contribution in [0.25, 0.3) is 0 Å². The van der Waals surface area contributed by atoms with Crippen LogP contribution in [0.15, 0.2) is 0 Å². The van der Waals surface area contributed by atoms with Crippen LogP contribution in [0.2, 0.25) is 0 Å². The van der Waals surface area contributed by atoms with Gasteiger partial charge < -0.3 is 0 Å². The maximum atomic E-state index is 2.67. The predicted octanol–water partition coefficient (Wildman–Crippen LogP) is 5.09. The third-order valence-corrected chi connectivity index (χ3v) is 13.5. The van der Waals surface area contributed by atoms with Crippen LogP contribution in [-0.4, -0.2) is 8.35 Å². The zero-order chi connectivity index (χ0) is 19.3. The van der Waals surface area contributed by atoms with Crippen molar-refractivity contribution in [2.75, 3.05) is 4.43 Å². The van der Waals surface area contributed by atoms with Crippen LogP contribution in [0.4, 0.5) is 0 Å². The number of rotatable bonds is 7. The second kappa shape index (κ2) is 10.7. The number of halogens is 1. The van der Waals surface area contributed by atoms with Gasteiger partial charge in [0, 0.05) is 0 Å². The van der Waals surface area contributed by atoms with Gasteiger partial charge >= 0.3 is 182 Å². The Balaban J connectivity index is 1.46. The van der Waals surface area contributed by atoms with Crippen molar-refractivity contribution in [2.45, 2.75) is 122 Å². The van der Waals surface area contributed by atoms with Crippen molar-refractivity contribution in [1.82, 2.24) is 0 Å². The number of hydrogen-bond acceptors (Lipinski definition) is 0. The third-order valence-electron chi connectivity index (χ3n) is 8.70. The van der Waals surface area contributed by atoms with E-state index in [1.54, 1.807) is 68.6 Å². The first-order chi connectivity index (χ1) is 13.0. The summed E-state index contributed by atoms with van der Waals surface area (Å²) in [5.41, 5.74) is 0.638. The van der Waals surface area contributed by atoms with Crippen molar-refractivity contribution >= 4 is 0 Å². The fourth-order valence-corrected chi connectivity index (χ4v) is 10.5. The first-order valence-corrected chi connectivity index (χ1v) is 15.3. The Morgan fingerprint density at radius 3 is 2.37 bits per heavy atom. The molecule has 1 saturated heterocycles. The fraction of sp³-hybridized carbons (Fsp3) is 1.00. The van der Waals surface area contributed by atoms with Crippen LogP contribution >= 0.6 is 0 Å². The van der Waals surface area contributed by atoms with Crippen molar-refractivity contribution in [3.8, 4) is 0 Å². The van der Waals surface area contributed by atoms with E-state index >= 15 is 0 Å². The quantitative estimate of drug-likeness (QED) is 0.347. The van der Waals surface area contributed by atoms with E-state index < -0.39 is 0 Å². The van der Waals surface area contributed by atoms with Gasteiger partial charge in [0.05, 0.1) is 0 Å². The molecule has 1 heterocycles. The molecule has 0 bridgehead atoms. The summed E-state index contributed by atoms with van der Waals surface area (Å²) in [6.07, 6.45) is 21.6. The van der Waals surface area contributed by atoms with Gasteiger partial charge in [-0.25, -0.2) is 0 Å². The van der Waals surface area contributed by atoms with E-state index in [1.165, 1.54) is 25.7 Å². The molecule has 1 heteroatoms. The van der Waals surface area contributed by atoms with Crippen molar-refractivity contribution in [3.05, 3.63) is 0 Å². The van der Waals surface area contributed by atoms with E-state index in [9.17, 15) is 0 Å². The summed E-state index contributed by atoms with van der Waals surface area (Å²) in [4.78, 5) is 0. The van der Waals surface area contributed by atoms with Crippen molar-refractivity contribution in [2.24, 2.45) is 35.0 Å². The molecule has 0 aromatic rings. The molecule has 0 amide bonds. The SMILES string of the molecule is CCC(C)CCC1CCC(CCC2[I-]CCCC3CCCC3CC2(C)C)C1. The zero-order valence-corrected chi connectivity index (χ0v) is 21.1. The molecule has 160 valence electrons. The molecule has 27 heavy (non-hydrogen) atoms. The Kier molecular flexibility index (Phi) is 8.86. The van der Waals surface area contributed by atoms with E-state index in [4.69, 9.17) is 0 Å². The topological polar surface area (TPSA) is 0 Å². The van der Waals surface area contributed by atoms with Gasteiger partial charge in [-0.15, -0.1) is 0 Å². The van der Waals surface area contributed by atoms with E-state index in [2.05, 4.69) is 27.7 Å². The molecule has 6 unspecified atom stereocenters. The Labute approximate surface area is 181 Å². The monoisotopic (exact) mass is 487 g/mol. The van der Waals surface area contributed by atoms with Crippen molar-refractivity contribution in [1.29, 1.82) is 0 Å². The summed E-state index contributed by atoms with van der Waals surface area (Å²) in [6, 6.07) is 0. The van der Waals surface area contributed by atoms with Gasteiger partial charge in [0.15, 0.2) is 0 Å². The first-order valence-electron chi connectivity index (χ1n) is 12.6. The third kappa shape index (κ3) is 6.61. The minimum atomic E-state index is 0.425. The van der Waals surface area contributed by atoms with Crippen LogP contribution in [0, 0.1) is 35.0 Å². The van der Waals surface area contributed by atoms with Crippen LogP contribution < -0.4 is 21.2 Å². The summed E-state index contributed by atoms with van der Waals surface area (Å²) < 4.78 is 2.73.